The van der Waals surface area contributed by atoms with Crippen molar-refractivity contribution in [1.29, 1.82) is 0 Å². The maximum atomic E-state index is 12.9. The third-order valence-corrected chi connectivity index (χ3v) is 4.49. The van der Waals surface area contributed by atoms with Crippen molar-refractivity contribution in [1.82, 2.24) is 4.98 Å². The number of rotatable bonds is 3. The van der Waals surface area contributed by atoms with Crippen molar-refractivity contribution in [2.45, 2.75) is 6.17 Å². The van der Waals surface area contributed by atoms with Gasteiger partial charge < -0.3 is 5.32 Å². The molecule has 2 aromatic carbocycles. The molecule has 6 heteroatoms. The first-order chi connectivity index (χ1) is 12.1. The second kappa shape index (κ2) is 6.39. The number of nitrogens with zero attached hydrogens (tertiary/aromatic N) is 2. The van der Waals surface area contributed by atoms with E-state index in [1.54, 1.807) is 41.6 Å². The SMILES string of the molecule is O=C1c2ccccc2C(Nc2cc(Cl)cc(Cl)c2)N1c1cccnc1. The van der Waals surface area contributed by atoms with Gasteiger partial charge in [0, 0.05) is 33.1 Å². The third-order valence-electron chi connectivity index (χ3n) is 4.05. The molecule has 1 atom stereocenters. The highest BCUT2D eigenvalue weighted by Crippen LogP contribution is 2.38. The van der Waals surface area contributed by atoms with E-state index in [0.29, 0.717) is 21.3 Å². The zero-order valence-corrected chi connectivity index (χ0v) is 14.5. The summed E-state index contributed by atoms with van der Waals surface area (Å²) in [6.45, 7) is 0. The van der Waals surface area contributed by atoms with Crippen molar-refractivity contribution >= 4 is 40.5 Å². The molecule has 1 amide bonds. The molecule has 0 fully saturated rings. The monoisotopic (exact) mass is 369 g/mol. The molecule has 1 unspecified atom stereocenters. The fourth-order valence-corrected chi connectivity index (χ4v) is 3.54. The van der Waals surface area contributed by atoms with Crippen LogP contribution in [0.3, 0.4) is 0 Å². The number of carbonyl (C=O) groups excluding carboxylic acids is 1. The second-order valence-electron chi connectivity index (χ2n) is 5.68. The number of pyridine rings is 1. The van der Waals surface area contributed by atoms with E-state index in [4.69, 9.17) is 23.2 Å². The van der Waals surface area contributed by atoms with Crippen molar-refractivity contribution in [2.24, 2.45) is 0 Å². The Morgan fingerprint density at radius 3 is 2.48 bits per heavy atom. The quantitative estimate of drug-likeness (QED) is 0.693. The van der Waals surface area contributed by atoms with Crippen LogP contribution in [0.4, 0.5) is 11.4 Å². The fraction of sp³-hybridized carbons (Fsp3) is 0.0526. The Morgan fingerprint density at radius 2 is 1.76 bits per heavy atom. The number of carbonyl (C=O) groups is 1. The average Bonchev–Trinajstić information content (AvgIpc) is 2.87. The number of amides is 1. The number of fused-ring (bicyclic) bond motifs is 1. The Kier molecular flexibility index (Phi) is 4.07. The first-order valence-corrected chi connectivity index (χ1v) is 8.44. The van der Waals surface area contributed by atoms with Crippen LogP contribution in [0, 0.1) is 0 Å². The summed E-state index contributed by atoms with van der Waals surface area (Å²) >= 11 is 12.2. The summed E-state index contributed by atoms with van der Waals surface area (Å²) in [6.07, 6.45) is 2.97. The van der Waals surface area contributed by atoms with Crippen LogP contribution in [-0.4, -0.2) is 10.9 Å². The predicted molar refractivity (Wildman–Crippen MR) is 100 cm³/mol. The van der Waals surface area contributed by atoms with E-state index < -0.39 is 0 Å². The number of halogens is 2. The maximum absolute atomic E-state index is 12.9. The molecule has 124 valence electrons. The van der Waals surface area contributed by atoms with E-state index in [0.717, 1.165) is 11.3 Å². The number of benzene rings is 2. The molecule has 0 spiro atoms. The van der Waals surface area contributed by atoms with E-state index >= 15 is 0 Å². The molecule has 1 aliphatic rings. The van der Waals surface area contributed by atoms with Crippen molar-refractivity contribution in [3.05, 3.63) is 88.2 Å². The highest BCUT2D eigenvalue weighted by atomic mass is 35.5. The minimum atomic E-state index is -0.373. The van der Waals surface area contributed by atoms with Crippen LogP contribution in [0.5, 0.6) is 0 Å². The molecule has 0 bridgehead atoms. The van der Waals surface area contributed by atoms with Gasteiger partial charge in [0.25, 0.3) is 5.91 Å². The van der Waals surface area contributed by atoms with Gasteiger partial charge in [0.15, 0.2) is 0 Å². The lowest BCUT2D eigenvalue weighted by molar-refractivity contribution is 0.0993. The Morgan fingerprint density at radius 1 is 1.00 bits per heavy atom. The Bertz CT molecular complexity index is 926. The summed E-state index contributed by atoms with van der Waals surface area (Å²) in [5.74, 6) is -0.0748. The summed E-state index contributed by atoms with van der Waals surface area (Å²) in [4.78, 5) is 18.8. The number of hydrogen-bond acceptors (Lipinski definition) is 3. The van der Waals surface area contributed by atoms with E-state index in [1.165, 1.54) is 0 Å². The zero-order chi connectivity index (χ0) is 17.4. The van der Waals surface area contributed by atoms with E-state index in [2.05, 4.69) is 10.3 Å². The highest BCUT2D eigenvalue weighted by molar-refractivity contribution is 6.35. The zero-order valence-electron chi connectivity index (χ0n) is 13.0. The van der Waals surface area contributed by atoms with Crippen molar-refractivity contribution in [3.63, 3.8) is 0 Å². The Labute approximate surface area is 155 Å². The largest absolute Gasteiger partial charge is 0.361 e. The van der Waals surface area contributed by atoms with Crippen LogP contribution >= 0.6 is 23.2 Å². The fourth-order valence-electron chi connectivity index (χ4n) is 3.02. The summed E-state index contributed by atoms with van der Waals surface area (Å²) in [7, 11) is 0. The number of nitrogens with one attached hydrogen (secondary N) is 1. The molecule has 0 saturated carbocycles. The van der Waals surface area contributed by atoms with Gasteiger partial charge in [-0.25, -0.2) is 0 Å². The van der Waals surface area contributed by atoms with Gasteiger partial charge in [-0.15, -0.1) is 0 Å². The molecule has 4 rings (SSSR count). The van der Waals surface area contributed by atoms with Crippen molar-refractivity contribution in [3.8, 4) is 0 Å². The van der Waals surface area contributed by atoms with Gasteiger partial charge in [-0.3, -0.25) is 14.7 Å². The molecule has 0 radical (unpaired) electrons. The minimum absolute atomic E-state index is 0.0748. The summed E-state index contributed by atoms with van der Waals surface area (Å²) in [5.41, 5.74) is 3.01. The van der Waals surface area contributed by atoms with Crippen molar-refractivity contribution < 1.29 is 4.79 Å². The second-order valence-corrected chi connectivity index (χ2v) is 6.55. The summed E-state index contributed by atoms with van der Waals surface area (Å²) in [5, 5.41) is 4.42. The van der Waals surface area contributed by atoms with Gasteiger partial charge in [-0.05, 0) is 36.4 Å². The van der Waals surface area contributed by atoms with Gasteiger partial charge in [0.2, 0.25) is 0 Å². The lowest BCUT2D eigenvalue weighted by Gasteiger charge is -2.27. The molecule has 0 saturated heterocycles. The minimum Gasteiger partial charge on any atom is -0.361 e. The Balaban J connectivity index is 1.79. The molecule has 0 aliphatic carbocycles. The van der Waals surface area contributed by atoms with Gasteiger partial charge in [-0.2, -0.15) is 0 Å². The lowest BCUT2D eigenvalue weighted by Crippen LogP contribution is -2.32. The van der Waals surface area contributed by atoms with E-state index in [9.17, 15) is 4.79 Å². The molecule has 2 heterocycles. The molecule has 1 aliphatic heterocycles. The molecule has 1 N–H and O–H groups in total. The average molecular weight is 370 g/mol. The maximum Gasteiger partial charge on any atom is 0.260 e. The molecular formula is C19H13Cl2N3O. The lowest BCUT2D eigenvalue weighted by atomic mass is 10.1. The topological polar surface area (TPSA) is 45.2 Å². The Hall–Kier alpha value is -2.56. The van der Waals surface area contributed by atoms with E-state index in [1.807, 2.05) is 30.3 Å². The normalized spacial score (nSPS) is 16.0. The number of aromatic nitrogens is 1. The summed E-state index contributed by atoms with van der Waals surface area (Å²) in [6, 6.07) is 16.4. The molecule has 25 heavy (non-hydrogen) atoms. The van der Waals surface area contributed by atoms with Crippen LogP contribution in [0.1, 0.15) is 22.1 Å². The van der Waals surface area contributed by atoms with Gasteiger partial charge in [0.05, 0.1) is 11.9 Å². The smallest absolute Gasteiger partial charge is 0.260 e. The van der Waals surface area contributed by atoms with E-state index in [-0.39, 0.29) is 12.1 Å². The van der Waals surface area contributed by atoms with Gasteiger partial charge >= 0.3 is 0 Å². The first-order valence-electron chi connectivity index (χ1n) is 7.68. The first kappa shape index (κ1) is 15.9. The van der Waals surface area contributed by atoms with Crippen LogP contribution in [0.25, 0.3) is 0 Å². The summed E-state index contributed by atoms with van der Waals surface area (Å²) < 4.78 is 0. The number of anilines is 2. The highest BCUT2D eigenvalue weighted by Gasteiger charge is 2.37. The third kappa shape index (κ3) is 2.95. The molecule has 4 nitrogen and oxygen atoms in total. The van der Waals surface area contributed by atoms with Crippen LogP contribution in [0.15, 0.2) is 67.0 Å². The standard InChI is InChI=1S/C19H13Cl2N3O/c20-12-8-13(21)10-14(9-12)23-18-16-5-1-2-6-17(16)19(25)24(18)15-4-3-7-22-11-15/h1-11,18,23H. The number of hydrogen-bond donors (Lipinski definition) is 1. The molecule has 3 aromatic rings. The predicted octanol–water partition coefficient (Wildman–Crippen LogP) is 5.16. The van der Waals surface area contributed by atoms with Crippen LogP contribution in [-0.2, 0) is 0 Å². The van der Waals surface area contributed by atoms with Crippen molar-refractivity contribution in [2.75, 3.05) is 10.2 Å². The van der Waals surface area contributed by atoms with Gasteiger partial charge in [-0.1, -0.05) is 41.4 Å². The molecule has 1 aromatic heterocycles. The van der Waals surface area contributed by atoms with Crippen LogP contribution in [0.2, 0.25) is 10.0 Å². The van der Waals surface area contributed by atoms with Crippen LogP contribution < -0.4 is 10.2 Å². The van der Waals surface area contributed by atoms with Gasteiger partial charge in [0.1, 0.15) is 6.17 Å². The molecular weight excluding hydrogens is 357 g/mol.